The smallest absolute Gasteiger partial charge is 0.339 e. The van der Waals surface area contributed by atoms with Crippen molar-refractivity contribution < 1.29 is 19.1 Å². The zero-order valence-corrected chi connectivity index (χ0v) is 16.4. The van der Waals surface area contributed by atoms with Crippen LogP contribution in [0.2, 0.25) is 0 Å². The summed E-state index contributed by atoms with van der Waals surface area (Å²) in [4.78, 5) is 28.8. The van der Waals surface area contributed by atoms with E-state index >= 15 is 0 Å². The predicted molar refractivity (Wildman–Crippen MR) is 111 cm³/mol. The lowest BCUT2D eigenvalue weighted by Crippen LogP contribution is -2.14. The molecule has 0 saturated heterocycles. The minimum absolute atomic E-state index is 0.217. The zero-order valence-electron chi connectivity index (χ0n) is 16.4. The van der Waals surface area contributed by atoms with Gasteiger partial charge in [-0.05, 0) is 48.9 Å². The minimum Gasteiger partial charge on any atom is -0.495 e. The van der Waals surface area contributed by atoms with E-state index in [0.717, 1.165) is 5.56 Å². The number of rotatable bonds is 6. The maximum atomic E-state index is 12.7. The van der Waals surface area contributed by atoms with Crippen molar-refractivity contribution >= 4 is 28.9 Å². The highest BCUT2D eigenvalue weighted by Gasteiger charge is 2.14. The fraction of sp³-hybridized carbons (Fsp3) is 0.136. The van der Waals surface area contributed by atoms with Gasteiger partial charge in [-0.25, -0.2) is 4.79 Å². The molecule has 2 aromatic carbocycles. The summed E-state index contributed by atoms with van der Waals surface area (Å²) in [5.74, 6) is -0.268. The Bertz CT molecular complexity index is 1050. The Morgan fingerprint density at radius 3 is 2.52 bits per heavy atom. The fourth-order valence-electron chi connectivity index (χ4n) is 2.77. The number of aromatic nitrogens is 1. The van der Waals surface area contributed by atoms with Crippen molar-refractivity contribution in [3.8, 4) is 5.75 Å². The highest BCUT2D eigenvalue weighted by Crippen LogP contribution is 2.26. The van der Waals surface area contributed by atoms with E-state index in [1.54, 1.807) is 49.6 Å². The van der Waals surface area contributed by atoms with E-state index in [-0.39, 0.29) is 11.6 Å². The summed E-state index contributed by atoms with van der Waals surface area (Å²) in [5, 5.41) is 5.95. The number of nitrogens with zero attached hydrogens (tertiary/aromatic N) is 1. The van der Waals surface area contributed by atoms with Gasteiger partial charge in [0.15, 0.2) is 0 Å². The number of ether oxygens (including phenoxy) is 2. The molecule has 1 aromatic heterocycles. The van der Waals surface area contributed by atoms with Crippen LogP contribution in [0.3, 0.4) is 0 Å². The highest BCUT2D eigenvalue weighted by atomic mass is 16.5. The number of hydrogen-bond acceptors (Lipinski definition) is 6. The van der Waals surface area contributed by atoms with Crippen molar-refractivity contribution in [1.82, 2.24) is 4.98 Å². The monoisotopic (exact) mass is 391 g/mol. The van der Waals surface area contributed by atoms with E-state index in [1.807, 2.05) is 19.1 Å². The van der Waals surface area contributed by atoms with Crippen molar-refractivity contribution in [2.45, 2.75) is 6.92 Å². The molecule has 7 nitrogen and oxygen atoms in total. The van der Waals surface area contributed by atoms with Gasteiger partial charge in [0.25, 0.3) is 5.91 Å². The van der Waals surface area contributed by atoms with E-state index in [1.165, 1.54) is 13.3 Å². The van der Waals surface area contributed by atoms with Gasteiger partial charge in [0.05, 0.1) is 31.2 Å². The third-order valence-electron chi connectivity index (χ3n) is 4.21. The Balaban J connectivity index is 1.83. The Morgan fingerprint density at radius 1 is 0.966 bits per heavy atom. The number of para-hydroxylation sites is 1. The van der Waals surface area contributed by atoms with Gasteiger partial charge in [-0.15, -0.1) is 0 Å². The number of nitrogens with one attached hydrogen (secondary N) is 2. The summed E-state index contributed by atoms with van der Waals surface area (Å²) in [6, 6.07) is 15.8. The molecule has 3 aromatic rings. The van der Waals surface area contributed by atoms with Crippen LogP contribution in [0.25, 0.3) is 0 Å². The van der Waals surface area contributed by atoms with Gasteiger partial charge >= 0.3 is 5.97 Å². The molecule has 0 saturated carbocycles. The second kappa shape index (κ2) is 8.88. The summed E-state index contributed by atoms with van der Waals surface area (Å²) in [7, 11) is 2.87. The Kier molecular flexibility index (Phi) is 6.09. The van der Waals surface area contributed by atoms with Crippen LogP contribution in [-0.2, 0) is 4.74 Å². The molecule has 1 amide bonds. The molecule has 3 rings (SSSR count). The number of carbonyl (C=O) groups excluding carboxylic acids is 2. The number of carbonyl (C=O) groups is 2. The van der Waals surface area contributed by atoms with E-state index < -0.39 is 5.97 Å². The number of esters is 1. The largest absolute Gasteiger partial charge is 0.495 e. The van der Waals surface area contributed by atoms with Gasteiger partial charge in [0.2, 0.25) is 0 Å². The first-order valence-electron chi connectivity index (χ1n) is 8.88. The lowest BCUT2D eigenvalue weighted by atomic mass is 10.1. The van der Waals surface area contributed by atoms with Crippen molar-refractivity contribution in [3.63, 3.8) is 0 Å². The van der Waals surface area contributed by atoms with Crippen LogP contribution in [0.1, 0.15) is 26.4 Å². The van der Waals surface area contributed by atoms with Gasteiger partial charge in [0.1, 0.15) is 11.4 Å². The topological polar surface area (TPSA) is 89.5 Å². The Labute approximate surface area is 168 Å². The molecule has 0 atom stereocenters. The average molecular weight is 391 g/mol. The lowest BCUT2D eigenvalue weighted by Gasteiger charge is -2.13. The molecule has 0 aliphatic heterocycles. The maximum absolute atomic E-state index is 12.7. The molecule has 148 valence electrons. The van der Waals surface area contributed by atoms with Crippen LogP contribution in [-0.4, -0.2) is 31.1 Å². The van der Waals surface area contributed by atoms with Crippen molar-refractivity contribution in [2.24, 2.45) is 0 Å². The molecule has 0 aliphatic rings. The van der Waals surface area contributed by atoms with Gasteiger partial charge in [-0.1, -0.05) is 18.2 Å². The SMILES string of the molecule is COC(=O)c1ccccc1Nc1ccnc(C(=O)Nc2cc(C)ccc2OC)c1. The molecule has 0 spiro atoms. The number of anilines is 3. The van der Waals surface area contributed by atoms with Crippen LogP contribution in [0.4, 0.5) is 17.1 Å². The summed E-state index contributed by atoms with van der Waals surface area (Å²) in [6.45, 7) is 1.93. The number of pyridine rings is 1. The minimum atomic E-state index is -0.452. The third-order valence-corrected chi connectivity index (χ3v) is 4.21. The molecule has 0 unspecified atom stereocenters. The third kappa shape index (κ3) is 4.70. The molecular weight excluding hydrogens is 370 g/mol. The molecule has 7 heteroatoms. The van der Waals surface area contributed by atoms with Crippen molar-refractivity contribution in [2.75, 3.05) is 24.9 Å². The highest BCUT2D eigenvalue weighted by molar-refractivity contribution is 6.04. The summed E-state index contributed by atoms with van der Waals surface area (Å²) < 4.78 is 10.1. The Hall–Kier alpha value is -3.87. The normalized spacial score (nSPS) is 10.2. The Morgan fingerprint density at radius 2 is 1.76 bits per heavy atom. The van der Waals surface area contributed by atoms with Crippen LogP contribution < -0.4 is 15.4 Å². The van der Waals surface area contributed by atoms with E-state index in [9.17, 15) is 9.59 Å². The molecule has 2 N–H and O–H groups in total. The number of amides is 1. The molecule has 0 fully saturated rings. The summed E-state index contributed by atoms with van der Waals surface area (Å²) in [6.07, 6.45) is 1.52. The van der Waals surface area contributed by atoms with Gasteiger partial charge in [-0.3, -0.25) is 9.78 Å². The second-order valence-electron chi connectivity index (χ2n) is 6.25. The lowest BCUT2D eigenvalue weighted by molar-refractivity contribution is 0.0601. The first-order valence-corrected chi connectivity index (χ1v) is 8.88. The second-order valence-corrected chi connectivity index (χ2v) is 6.25. The molecule has 1 heterocycles. The maximum Gasteiger partial charge on any atom is 0.339 e. The molecule has 0 aliphatic carbocycles. The molecular formula is C22H21N3O4. The number of aryl methyl sites for hydroxylation is 1. The van der Waals surface area contributed by atoms with Crippen molar-refractivity contribution in [3.05, 3.63) is 77.6 Å². The van der Waals surface area contributed by atoms with Gasteiger partial charge < -0.3 is 20.1 Å². The van der Waals surface area contributed by atoms with E-state index in [0.29, 0.717) is 28.4 Å². The van der Waals surface area contributed by atoms with E-state index in [4.69, 9.17) is 9.47 Å². The summed E-state index contributed by atoms with van der Waals surface area (Å²) in [5.41, 5.74) is 3.34. The fourth-order valence-corrected chi connectivity index (χ4v) is 2.77. The van der Waals surface area contributed by atoms with Crippen LogP contribution in [0, 0.1) is 6.92 Å². The first kappa shape index (κ1) is 19.9. The summed E-state index contributed by atoms with van der Waals surface area (Å²) >= 11 is 0. The quantitative estimate of drug-likeness (QED) is 0.613. The number of hydrogen-bond donors (Lipinski definition) is 2. The van der Waals surface area contributed by atoms with Gasteiger partial charge in [0, 0.05) is 11.9 Å². The predicted octanol–water partition coefficient (Wildman–Crippen LogP) is 4.18. The van der Waals surface area contributed by atoms with Gasteiger partial charge in [-0.2, -0.15) is 0 Å². The van der Waals surface area contributed by atoms with Crippen molar-refractivity contribution in [1.29, 1.82) is 0 Å². The standard InChI is InChI=1S/C22H21N3O4/c1-14-8-9-20(28-2)18(12-14)25-21(26)19-13-15(10-11-23-19)24-17-7-5-4-6-16(17)22(27)29-3/h4-13H,1-3H3,(H,23,24)(H,25,26). The van der Waals surface area contributed by atoms with Crippen LogP contribution in [0.5, 0.6) is 5.75 Å². The molecule has 29 heavy (non-hydrogen) atoms. The number of methoxy groups -OCH3 is 2. The first-order chi connectivity index (χ1) is 14.0. The van der Waals surface area contributed by atoms with Crippen LogP contribution >= 0.6 is 0 Å². The molecule has 0 bridgehead atoms. The zero-order chi connectivity index (χ0) is 20.8. The molecule has 0 radical (unpaired) electrons. The van der Waals surface area contributed by atoms with E-state index in [2.05, 4.69) is 15.6 Å². The number of benzene rings is 2. The van der Waals surface area contributed by atoms with Crippen LogP contribution in [0.15, 0.2) is 60.8 Å². The average Bonchev–Trinajstić information content (AvgIpc) is 2.74.